The van der Waals surface area contributed by atoms with Crippen molar-refractivity contribution in [3.8, 4) is 22.4 Å². The van der Waals surface area contributed by atoms with Crippen molar-refractivity contribution in [2.45, 2.75) is 31.3 Å². The highest BCUT2D eigenvalue weighted by atomic mass is 32.1. The van der Waals surface area contributed by atoms with Crippen molar-refractivity contribution in [3.63, 3.8) is 0 Å². The first-order valence-corrected chi connectivity index (χ1v) is 12.0. The van der Waals surface area contributed by atoms with Crippen LogP contribution < -0.4 is 5.32 Å². The van der Waals surface area contributed by atoms with Crippen LogP contribution in [0, 0.1) is 0 Å². The molecule has 0 spiro atoms. The number of rotatable bonds is 7. The number of carboxylic acid groups (broad SMARTS) is 1. The van der Waals surface area contributed by atoms with E-state index in [1.165, 1.54) is 0 Å². The van der Waals surface area contributed by atoms with Crippen molar-refractivity contribution in [3.05, 3.63) is 90.0 Å². The molecule has 35 heavy (non-hydrogen) atoms. The third-order valence-electron chi connectivity index (χ3n) is 6.34. The van der Waals surface area contributed by atoms with Crippen molar-refractivity contribution in [2.75, 3.05) is 5.32 Å². The van der Waals surface area contributed by atoms with Gasteiger partial charge in [0.15, 0.2) is 0 Å². The molecule has 5 rings (SSSR count). The maximum absolute atomic E-state index is 12.4. The van der Waals surface area contributed by atoms with Crippen LogP contribution in [0.3, 0.4) is 0 Å². The molecule has 1 amide bonds. The summed E-state index contributed by atoms with van der Waals surface area (Å²) in [6, 6.07) is 25.0. The number of aromatic nitrogens is 2. The Bertz CT molecular complexity index is 1350. The summed E-state index contributed by atoms with van der Waals surface area (Å²) in [4.78, 5) is 24.0. The number of hydrogen-bond donors (Lipinski definition) is 2. The normalized spacial score (nSPS) is 14.7. The van der Waals surface area contributed by atoms with E-state index in [0.717, 1.165) is 39.3 Å². The summed E-state index contributed by atoms with van der Waals surface area (Å²) in [5.74, 6) is -0.755. The second-order valence-corrected chi connectivity index (χ2v) is 9.33. The summed E-state index contributed by atoms with van der Waals surface area (Å²) in [6.07, 6.45) is 0.414. The molecule has 0 bridgehead atoms. The minimum absolute atomic E-state index is 0.392. The quantitative estimate of drug-likeness (QED) is 0.319. The lowest BCUT2D eigenvalue weighted by Crippen LogP contribution is -2.19. The highest BCUT2D eigenvalue weighted by molar-refractivity contribution is 7.10. The zero-order chi connectivity index (χ0) is 24.4. The summed E-state index contributed by atoms with van der Waals surface area (Å²) in [5, 5.41) is 16.9. The number of ether oxygens (including phenoxy) is 1. The van der Waals surface area contributed by atoms with Gasteiger partial charge in [0.2, 0.25) is 0 Å². The fraction of sp³-hybridized carbons (Fsp3) is 0.185. The molecule has 1 saturated carbocycles. The molecule has 1 heterocycles. The Morgan fingerprint density at radius 3 is 2.14 bits per heavy atom. The summed E-state index contributed by atoms with van der Waals surface area (Å²) in [5.41, 5.74) is 4.42. The lowest BCUT2D eigenvalue weighted by molar-refractivity contribution is -0.140. The van der Waals surface area contributed by atoms with Crippen LogP contribution in [-0.4, -0.2) is 26.8 Å². The molecule has 2 N–H and O–H groups in total. The largest absolute Gasteiger partial charge is 0.481 e. The van der Waals surface area contributed by atoms with Gasteiger partial charge in [-0.1, -0.05) is 83.4 Å². The SMILES string of the molecule is CC(OC(=O)Nc1snnc1-c1ccc(-c2ccc(C3(C(=O)O)CC3)cc2)cc1)c1ccccc1. The third-order valence-corrected chi connectivity index (χ3v) is 6.99. The Kier molecular flexibility index (Phi) is 6.05. The Morgan fingerprint density at radius 2 is 1.54 bits per heavy atom. The second-order valence-electron chi connectivity index (χ2n) is 8.58. The first-order valence-electron chi connectivity index (χ1n) is 11.3. The van der Waals surface area contributed by atoms with Crippen LogP contribution in [0.4, 0.5) is 9.80 Å². The maximum Gasteiger partial charge on any atom is 0.412 e. The van der Waals surface area contributed by atoms with Crippen LogP contribution in [-0.2, 0) is 14.9 Å². The number of carbonyl (C=O) groups excluding carboxylic acids is 1. The van der Waals surface area contributed by atoms with E-state index in [2.05, 4.69) is 14.9 Å². The smallest absolute Gasteiger partial charge is 0.412 e. The fourth-order valence-corrected chi connectivity index (χ4v) is 4.67. The van der Waals surface area contributed by atoms with Gasteiger partial charge in [-0.15, -0.1) is 5.10 Å². The number of anilines is 1. The second kappa shape index (κ2) is 9.31. The van der Waals surface area contributed by atoms with Crippen molar-refractivity contribution < 1.29 is 19.4 Å². The fourth-order valence-electron chi connectivity index (χ4n) is 4.09. The Hall–Kier alpha value is -4.04. The van der Waals surface area contributed by atoms with Gasteiger partial charge in [0.25, 0.3) is 0 Å². The van der Waals surface area contributed by atoms with Gasteiger partial charge in [-0.05, 0) is 42.0 Å². The molecule has 8 heteroatoms. The van der Waals surface area contributed by atoms with E-state index in [9.17, 15) is 14.7 Å². The number of amides is 1. The molecular formula is C27H23N3O4S. The number of nitrogens with one attached hydrogen (secondary N) is 1. The van der Waals surface area contributed by atoms with Gasteiger partial charge in [-0.25, -0.2) is 4.79 Å². The van der Waals surface area contributed by atoms with Crippen molar-refractivity contribution >= 4 is 28.6 Å². The zero-order valence-electron chi connectivity index (χ0n) is 19.0. The van der Waals surface area contributed by atoms with Crippen LogP contribution in [0.2, 0.25) is 0 Å². The Morgan fingerprint density at radius 1 is 0.943 bits per heavy atom. The molecule has 1 aromatic heterocycles. The molecule has 0 saturated heterocycles. The van der Waals surface area contributed by atoms with E-state index in [1.807, 2.05) is 85.8 Å². The van der Waals surface area contributed by atoms with Gasteiger partial charge in [0, 0.05) is 17.1 Å². The molecule has 7 nitrogen and oxygen atoms in total. The first kappa shape index (κ1) is 22.7. The lowest BCUT2D eigenvalue weighted by Gasteiger charge is -2.14. The number of benzene rings is 3. The highest BCUT2D eigenvalue weighted by Gasteiger charge is 2.51. The van der Waals surface area contributed by atoms with E-state index in [4.69, 9.17) is 4.74 Å². The predicted molar refractivity (Wildman–Crippen MR) is 134 cm³/mol. The van der Waals surface area contributed by atoms with E-state index in [-0.39, 0.29) is 0 Å². The van der Waals surface area contributed by atoms with Crippen LogP contribution in [0.25, 0.3) is 22.4 Å². The standard InChI is InChI=1S/C27H23N3O4S/c1-17(18-5-3-2-4-6-18)34-26(33)28-24-23(29-30-35-24)21-9-7-19(8-10-21)20-11-13-22(14-12-20)27(15-16-27)25(31)32/h2-14,17H,15-16H2,1H3,(H,28,33)(H,31,32). The van der Waals surface area contributed by atoms with Crippen molar-refractivity contribution in [1.82, 2.24) is 9.59 Å². The Labute approximate surface area is 206 Å². The average Bonchev–Trinajstić information content (AvgIpc) is 3.58. The molecule has 1 fully saturated rings. The van der Waals surface area contributed by atoms with Gasteiger partial charge in [0.1, 0.15) is 16.8 Å². The number of carbonyl (C=O) groups is 2. The molecule has 4 aromatic rings. The Balaban J connectivity index is 1.27. The monoisotopic (exact) mass is 485 g/mol. The van der Waals surface area contributed by atoms with Crippen LogP contribution in [0.15, 0.2) is 78.9 Å². The summed E-state index contributed by atoms with van der Waals surface area (Å²) < 4.78 is 9.49. The van der Waals surface area contributed by atoms with Crippen LogP contribution >= 0.6 is 11.5 Å². The topological polar surface area (TPSA) is 101 Å². The number of carboxylic acids is 1. The molecule has 1 aliphatic carbocycles. The van der Waals surface area contributed by atoms with Gasteiger partial charge < -0.3 is 9.84 Å². The number of nitrogens with zero attached hydrogens (tertiary/aromatic N) is 2. The maximum atomic E-state index is 12.4. The van der Waals surface area contributed by atoms with Gasteiger partial charge in [0.05, 0.1) is 5.41 Å². The zero-order valence-corrected chi connectivity index (χ0v) is 19.8. The minimum atomic E-state index is -0.755. The summed E-state index contributed by atoms with van der Waals surface area (Å²) in [6.45, 7) is 1.82. The summed E-state index contributed by atoms with van der Waals surface area (Å²) in [7, 11) is 0. The summed E-state index contributed by atoms with van der Waals surface area (Å²) >= 11 is 1.09. The van der Waals surface area contributed by atoms with E-state index >= 15 is 0 Å². The molecule has 1 unspecified atom stereocenters. The number of hydrogen-bond acceptors (Lipinski definition) is 6. The molecule has 176 valence electrons. The minimum Gasteiger partial charge on any atom is -0.481 e. The predicted octanol–water partition coefficient (Wildman–Crippen LogP) is 6.30. The molecule has 3 aromatic carbocycles. The molecule has 0 aliphatic heterocycles. The van der Waals surface area contributed by atoms with Gasteiger partial charge >= 0.3 is 12.1 Å². The third kappa shape index (κ3) is 4.65. The van der Waals surface area contributed by atoms with Gasteiger partial charge in [-0.2, -0.15) is 0 Å². The molecule has 0 radical (unpaired) electrons. The molecule has 1 aliphatic rings. The first-order chi connectivity index (χ1) is 17.0. The molecule has 1 atom stereocenters. The number of aliphatic carboxylic acids is 1. The van der Waals surface area contributed by atoms with Crippen molar-refractivity contribution in [2.24, 2.45) is 0 Å². The van der Waals surface area contributed by atoms with Crippen LogP contribution in [0.5, 0.6) is 0 Å². The van der Waals surface area contributed by atoms with E-state index in [1.54, 1.807) is 0 Å². The average molecular weight is 486 g/mol. The molecular weight excluding hydrogens is 462 g/mol. The van der Waals surface area contributed by atoms with Gasteiger partial charge in [-0.3, -0.25) is 10.1 Å². The lowest BCUT2D eigenvalue weighted by atomic mass is 9.93. The van der Waals surface area contributed by atoms with Crippen LogP contribution in [0.1, 0.15) is 37.0 Å². The van der Waals surface area contributed by atoms with E-state index < -0.39 is 23.6 Å². The van der Waals surface area contributed by atoms with Crippen molar-refractivity contribution in [1.29, 1.82) is 0 Å². The van der Waals surface area contributed by atoms with E-state index in [0.29, 0.717) is 23.5 Å². The highest BCUT2D eigenvalue weighted by Crippen LogP contribution is 2.48.